The van der Waals surface area contributed by atoms with Crippen molar-refractivity contribution in [2.24, 2.45) is 20.0 Å². The zero-order valence-electron chi connectivity index (χ0n) is 26.0. The number of aliphatic carboxylic acids is 1. The lowest BCUT2D eigenvalue weighted by Crippen LogP contribution is -2.37. The van der Waals surface area contributed by atoms with Crippen molar-refractivity contribution < 1.29 is 14.6 Å². The van der Waals surface area contributed by atoms with E-state index in [9.17, 15) is 19.5 Å². The molecule has 2 N–H and O–H groups in total. The number of hydrogen-bond acceptors (Lipinski definition) is 8. The molecule has 0 saturated carbocycles. The number of aromatic nitrogens is 4. The lowest BCUT2D eigenvalue weighted by molar-refractivity contribution is -0.143. The van der Waals surface area contributed by atoms with Crippen LogP contribution >= 0.6 is 23.2 Å². The number of carboxylic acids is 1. The molecule has 6 rings (SSSR count). The van der Waals surface area contributed by atoms with Crippen LogP contribution in [-0.2, 0) is 25.4 Å². The van der Waals surface area contributed by atoms with Gasteiger partial charge in [-0.25, -0.2) is 14.8 Å². The van der Waals surface area contributed by atoms with E-state index < -0.39 is 17.2 Å². The molecule has 0 atom stereocenters. The van der Waals surface area contributed by atoms with E-state index >= 15 is 0 Å². The molecule has 1 saturated heterocycles. The van der Waals surface area contributed by atoms with Crippen LogP contribution in [-0.4, -0.2) is 55.3 Å². The van der Waals surface area contributed by atoms with Crippen molar-refractivity contribution in [2.75, 3.05) is 25.5 Å². The molecule has 0 unspecified atom stereocenters. The third-order valence-corrected chi connectivity index (χ3v) is 9.48. The summed E-state index contributed by atoms with van der Waals surface area (Å²) in [6.07, 6.45) is 2.75. The number of anilines is 2. The van der Waals surface area contributed by atoms with E-state index in [4.69, 9.17) is 32.9 Å². The largest absolute Gasteiger partial charge is 0.481 e. The van der Waals surface area contributed by atoms with Crippen LogP contribution in [0.5, 0.6) is 5.88 Å². The number of rotatable bonds is 8. The number of methoxy groups -OCH3 is 1. The van der Waals surface area contributed by atoms with Crippen molar-refractivity contribution >= 4 is 51.6 Å². The zero-order chi connectivity index (χ0) is 33.4. The molecule has 1 fully saturated rings. The molecule has 3 aromatic heterocycles. The number of ether oxygens (including phenoxy) is 1. The summed E-state index contributed by atoms with van der Waals surface area (Å²) in [4.78, 5) is 48.3. The van der Waals surface area contributed by atoms with E-state index in [0.717, 1.165) is 10.1 Å². The zero-order valence-corrected chi connectivity index (χ0v) is 27.5. The molecule has 2 aromatic carbocycles. The first-order valence-corrected chi connectivity index (χ1v) is 15.7. The number of nitrogens with zero attached hydrogens (tertiary/aromatic N) is 5. The van der Waals surface area contributed by atoms with Gasteiger partial charge in [-0.15, -0.1) is 0 Å². The molecule has 0 amide bonds. The summed E-state index contributed by atoms with van der Waals surface area (Å²) in [7, 11) is 4.60. The van der Waals surface area contributed by atoms with Crippen LogP contribution in [0.1, 0.15) is 18.4 Å². The Hall–Kier alpha value is -4.71. The number of pyridine rings is 2. The summed E-state index contributed by atoms with van der Waals surface area (Å²) < 4.78 is 8.10. The van der Waals surface area contributed by atoms with E-state index in [1.165, 1.54) is 17.8 Å². The number of carboxylic acid groups (broad SMARTS) is 1. The first-order chi connectivity index (χ1) is 22.6. The van der Waals surface area contributed by atoms with Crippen LogP contribution < -0.4 is 21.3 Å². The van der Waals surface area contributed by atoms with Gasteiger partial charge in [0.1, 0.15) is 11.2 Å². The van der Waals surface area contributed by atoms with Gasteiger partial charge in [-0.2, -0.15) is 0 Å². The number of halogens is 2. The number of nitrogens with one attached hydrogen (secondary N) is 1. The molecule has 0 bridgehead atoms. The summed E-state index contributed by atoms with van der Waals surface area (Å²) in [5.41, 5.74) is 3.56. The van der Waals surface area contributed by atoms with Gasteiger partial charge in [-0.3, -0.25) is 23.6 Å². The molecule has 13 heteroatoms. The molecule has 1 aliphatic heterocycles. The fraction of sp³-hybridized carbons (Fsp3) is 0.265. The number of likely N-dealkylation sites (tertiary alicyclic amines) is 1. The topological polar surface area (TPSA) is 132 Å². The van der Waals surface area contributed by atoms with Gasteiger partial charge in [0.25, 0.3) is 5.56 Å². The van der Waals surface area contributed by atoms with Gasteiger partial charge >= 0.3 is 11.7 Å². The lowest BCUT2D eigenvalue weighted by Gasteiger charge is -2.30. The number of hydrogen-bond donors (Lipinski definition) is 2. The first-order valence-electron chi connectivity index (χ1n) is 15.0. The van der Waals surface area contributed by atoms with Crippen LogP contribution in [0.2, 0.25) is 10.0 Å². The minimum Gasteiger partial charge on any atom is -0.481 e. The SMILES string of the molecule is COc1nc(-c2cccc(-c3cccc(Nc4nccc5c4c(=O)n(C)c(=O)n5C)c3Cl)c2Cl)ccc1CN1CCC(C(=O)O)CC1. The summed E-state index contributed by atoms with van der Waals surface area (Å²) in [6.45, 7) is 1.98. The number of aryl methyl sites for hydroxylation is 1. The highest BCUT2D eigenvalue weighted by atomic mass is 35.5. The van der Waals surface area contributed by atoms with Crippen molar-refractivity contribution in [1.29, 1.82) is 0 Å². The number of carbonyl (C=O) groups is 1. The molecule has 242 valence electrons. The maximum atomic E-state index is 13.1. The van der Waals surface area contributed by atoms with Crippen molar-refractivity contribution in [2.45, 2.75) is 19.4 Å². The highest BCUT2D eigenvalue weighted by Gasteiger charge is 2.25. The van der Waals surface area contributed by atoms with E-state index in [0.29, 0.717) is 82.0 Å². The average Bonchev–Trinajstić information content (AvgIpc) is 3.08. The van der Waals surface area contributed by atoms with Gasteiger partial charge in [-0.05, 0) is 44.1 Å². The average molecular weight is 676 g/mol. The third-order valence-electron chi connectivity index (χ3n) is 8.66. The molecule has 11 nitrogen and oxygen atoms in total. The van der Waals surface area contributed by atoms with Crippen molar-refractivity contribution in [3.05, 3.63) is 97.2 Å². The van der Waals surface area contributed by atoms with Gasteiger partial charge in [-0.1, -0.05) is 59.6 Å². The van der Waals surface area contributed by atoms with E-state index in [2.05, 4.69) is 15.2 Å². The summed E-state index contributed by atoms with van der Waals surface area (Å²) >= 11 is 14.0. The molecule has 4 heterocycles. The van der Waals surface area contributed by atoms with E-state index in [1.807, 2.05) is 42.5 Å². The number of fused-ring (bicyclic) bond motifs is 1. The second kappa shape index (κ2) is 13.2. The fourth-order valence-electron chi connectivity index (χ4n) is 6.02. The summed E-state index contributed by atoms with van der Waals surface area (Å²) in [5, 5.41) is 13.6. The van der Waals surface area contributed by atoms with Gasteiger partial charge in [0.15, 0.2) is 0 Å². The molecular formula is C34H32Cl2N6O5. The van der Waals surface area contributed by atoms with Crippen LogP contribution in [0.4, 0.5) is 11.5 Å². The Labute approximate surface area is 280 Å². The summed E-state index contributed by atoms with van der Waals surface area (Å²) in [5.74, 6) is -0.298. The Morgan fingerprint density at radius 3 is 2.34 bits per heavy atom. The lowest BCUT2D eigenvalue weighted by atomic mass is 9.97. The Balaban J connectivity index is 1.31. The Morgan fingerprint density at radius 1 is 0.957 bits per heavy atom. The van der Waals surface area contributed by atoms with Crippen molar-refractivity contribution in [3.8, 4) is 28.3 Å². The molecule has 0 spiro atoms. The quantitative estimate of drug-likeness (QED) is 0.212. The predicted molar refractivity (Wildman–Crippen MR) is 183 cm³/mol. The smallest absolute Gasteiger partial charge is 0.330 e. The van der Waals surface area contributed by atoms with Crippen LogP contribution in [0.3, 0.4) is 0 Å². The number of piperidine rings is 1. The Kier molecular flexibility index (Phi) is 9.05. The standard InChI is InChI=1S/C34H32Cl2N6O5/c1-40-26-12-15-37-30(27(26)32(43)41(2)34(40)46)38-25-9-5-7-22(29(25)36)21-6-4-8-23(28(21)35)24-11-10-20(31(39-24)47-3)18-42-16-13-19(14-17-42)33(44)45/h4-12,15,19H,13-14,16-18H2,1-3H3,(H,37,38)(H,44,45). The maximum Gasteiger partial charge on any atom is 0.330 e. The van der Waals surface area contributed by atoms with Gasteiger partial charge in [0.2, 0.25) is 5.88 Å². The first kappa shape index (κ1) is 32.2. The predicted octanol–water partition coefficient (Wildman–Crippen LogP) is 5.72. The van der Waals surface area contributed by atoms with Gasteiger partial charge in [0, 0.05) is 49.1 Å². The highest BCUT2D eigenvalue weighted by Crippen LogP contribution is 2.42. The third kappa shape index (κ3) is 6.09. The van der Waals surface area contributed by atoms with Crippen molar-refractivity contribution in [3.63, 3.8) is 0 Å². The van der Waals surface area contributed by atoms with Crippen LogP contribution in [0.15, 0.2) is 70.4 Å². The minimum atomic E-state index is -0.736. The van der Waals surface area contributed by atoms with Gasteiger partial charge < -0.3 is 15.2 Å². The minimum absolute atomic E-state index is 0.256. The molecule has 5 aromatic rings. The van der Waals surface area contributed by atoms with E-state index in [1.54, 1.807) is 26.3 Å². The Bertz CT molecular complexity index is 2140. The molecule has 47 heavy (non-hydrogen) atoms. The molecular weight excluding hydrogens is 643 g/mol. The Morgan fingerprint density at radius 2 is 1.64 bits per heavy atom. The van der Waals surface area contributed by atoms with E-state index in [-0.39, 0.29) is 17.1 Å². The fourth-order valence-corrected chi connectivity index (χ4v) is 6.62. The molecule has 1 aliphatic rings. The second-order valence-electron chi connectivity index (χ2n) is 11.5. The number of benzene rings is 2. The monoisotopic (exact) mass is 674 g/mol. The van der Waals surface area contributed by atoms with Crippen LogP contribution in [0.25, 0.3) is 33.3 Å². The normalized spacial score (nSPS) is 14.0. The maximum absolute atomic E-state index is 13.1. The summed E-state index contributed by atoms with van der Waals surface area (Å²) in [6, 6.07) is 16.5. The van der Waals surface area contributed by atoms with Gasteiger partial charge in [0.05, 0.1) is 40.0 Å². The second-order valence-corrected chi connectivity index (χ2v) is 12.2. The van der Waals surface area contributed by atoms with Crippen LogP contribution in [0, 0.1) is 5.92 Å². The highest BCUT2D eigenvalue weighted by molar-refractivity contribution is 6.39. The molecule has 0 aliphatic carbocycles. The van der Waals surface area contributed by atoms with Crippen molar-refractivity contribution in [1.82, 2.24) is 24.0 Å². The molecule has 0 radical (unpaired) electrons.